The van der Waals surface area contributed by atoms with Crippen LogP contribution in [0.15, 0.2) is 72.8 Å². The minimum absolute atomic E-state index is 0.0837. The van der Waals surface area contributed by atoms with E-state index < -0.39 is 23.4 Å². The van der Waals surface area contributed by atoms with E-state index >= 15 is 0 Å². The first-order chi connectivity index (χ1) is 13.9. The number of ether oxygens (including phenoxy) is 1. The standard InChI is InChI=1S/C22H18F2N2O3/c1-15(27)26(16-11-12-18(23)19(24)13-16)14-22(28)25-20-9-5-6-10-21(20)29-17-7-3-2-4-8-17/h2-13H,14H2,1H3,(H,25,28). The molecule has 5 nitrogen and oxygen atoms in total. The molecule has 3 aromatic rings. The largest absolute Gasteiger partial charge is 0.455 e. The molecule has 0 radical (unpaired) electrons. The fourth-order valence-corrected chi connectivity index (χ4v) is 2.65. The first-order valence-corrected chi connectivity index (χ1v) is 8.79. The normalized spacial score (nSPS) is 10.3. The fraction of sp³-hybridized carbons (Fsp3) is 0.0909. The average molecular weight is 396 g/mol. The highest BCUT2D eigenvalue weighted by Crippen LogP contribution is 2.29. The smallest absolute Gasteiger partial charge is 0.244 e. The predicted octanol–water partition coefficient (Wildman–Crippen LogP) is 4.75. The molecule has 1 N–H and O–H groups in total. The molecule has 0 aliphatic carbocycles. The van der Waals surface area contributed by atoms with E-state index in [2.05, 4.69) is 5.32 Å². The highest BCUT2D eigenvalue weighted by atomic mass is 19.2. The minimum Gasteiger partial charge on any atom is -0.455 e. The zero-order valence-corrected chi connectivity index (χ0v) is 15.6. The van der Waals surface area contributed by atoms with Gasteiger partial charge in [-0.2, -0.15) is 0 Å². The van der Waals surface area contributed by atoms with Crippen molar-refractivity contribution in [3.8, 4) is 11.5 Å². The molecule has 0 aliphatic rings. The molecule has 0 unspecified atom stereocenters. The van der Waals surface area contributed by atoms with Gasteiger partial charge in [0, 0.05) is 18.7 Å². The molecule has 7 heteroatoms. The van der Waals surface area contributed by atoms with Crippen molar-refractivity contribution in [1.82, 2.24) is 0 Å². The number of rotatable bonds is 6. The van der Waals surface area contributed by atoms with Gasteiger partial charge in [0.15, 0.2) is 17.4 Å². The van der Waals surface area contributed by atoms with Crippen LogP contribution >= 0.6 is 0 Å². The van der Waals surface area contributed by atoms with E-state index in [-0.39, 0.29) is 12.2 Å². The lowest BCUT2D eigenvalue weighted by atomic mass is 10.2. The summed E-state index contributed by atoms with van der Waals surface area (Å²) in [6.07, 6.45) is 0. The summed E-state index contributed by atoms with van der Waals surface area (Å²) in [4.78, 5) is 25.5. The Bertz CT molecular complexity index is 1030. The predicted molar refractivity (Wildman–Crippen MR) is 106 cm³/mol. The zero-order chi connectivity index (χ0) is 20.8. The van der Waals surface area contributed by atoms with Crippen LogP contribution in [0.4, 0.5) is 20.2 Å². The second-order valence-electron chi connectivity index (χ2n) is 6.16. The Morgan fingerprint density at radius 1 is 0.931 bits per heavy atom. The number of amides is 2. The van der Waals surface area contributed by atoms with Crippen LogP contribution in [0.5, 0.6) is 11.5 Å². The van der Waals surface area contributed by atoms with Crippen LogP contribution in [0.25, 0.3) is 0 Å². The van der Waals surface area contributed by atoms with Crippen LogP contribution in [0.2, 0.25) is 0 Å². The summed E-state index contributed by atoms with van der Waals surface area (Å²) in [5, 5.41) is 2.69. The van der Waals surface area contributed by atoms with Crippen molar-refractivity contribution in [3.05, 3.63) is 84.4 Å². The summed E-state index contributed by atoms with van der Waals surface area (Å²) in [5.74, 6) is -2.12. The zero-order valence-electron chi connectivity index (χ0n) is 15.6. The summed E-state index contributed by atoms with van der Waals surface area (Å²) in [5.41, 5.74) is 0.496. The quantitative estimate of drug-likeness (QED) is 0.654. The summed E-state index contributed by atoms with van der Waals surface area (Å²) in [6, 6.07) is 18.9. The van der Waals surface area contributed by atoms with Crippen LogP contribution < -0.4 is 15.0 Å². The van der Waals surface area contributed by atoms with Gasteiger partial charge in [0.05, 0.1) is 5.69 Å². The van der Waals surface area contributed by atoms with Gasteiger partial charge < -0.3 is 15.0 Å². The van der Waals surface area contributed by atoms with Crippen LogP contribution in [0, 0.1) is 11.6 Å². The van der Waals surface area contributed by atoms with Crippen molar-refractivity contribution in [2.75, 3.05) is 16.8 Å². The van der Waals surface area contributed by atoms with Crippen LogP contribution in [-0.4, -0.2) is 18.4 Å². The minimum atomic E-state index is -1.10. The van der Waals surface area contributed by atoms with Crippen LogP contribution in [0.3, 0.4) is 0 Å². The van der Waals surface area contributed by atoms with E-state index in [1.807, 2.05) is 18.2 Å². The van der Waals surface area contributed by atoms with E-state index in [4.69, 9.17) is 4.74 Å². The monoisotopic (exact) mass is 396 g/mol. The number of anilines is 2. The molecule has 0 spiro atoms. The number of carbonyl (C=O) groups excluding carboxylic acids is 2. The topological polar surface area (TPSA) is 58.6 Å². The first kappa shape index (κ1) is 20.0. The first-order valence-electron chi connectivity index (χ1n) is 8.79. The van der Waals surface area contributed by atoms with E-state index in [0.717, 1.165) is 17.0 Å². The number of nitrogens with one attached hydrogen (secondary N) is 1. The molecule has 3 rings (SSSR count). The van der Waals surface area contributed by atoms with Crippen molar-refractivity contribution in [1.29, 1.82) is 0 Å². The molecule has 29 heavy (non-hydrogen) atoms. The van der Waals surface area contributed by atoms with Crippen molar-refractivity contribution < 1.29 is 23.1 Å². The number of benzene rings is 3. The van der Waals surface area contributed by atoms with Gasteiger partial charge in [0.2, 0.25) is 11.8 Å². The maximum Gasteiger partial charge on any atom is 0.244 e. The molecule has 0 atom stereocenters. The number of nitrogens with zero attached hydrogens (tertiary/aromatic N) is 1. The third kappa shape index (κ3) is 5.16. The maximum atomic E-state index is 13.5. The number of hydrogen-bond acceptors (Lipinski definition) is 3. The molecular formula is C22H18F2N2O3. The van der Waals surface area contributed by atoms with Crippen LogP contribution in [0.1, 0.15) is 6.92 Å². The van der Waals surface area contributed by atoms with Crippen LogP contribution in [-0.2, 0) is 9.59 Å². The average Bonchev–Trinajstić information content (AvgIpc) is 2.70. The highest BCUT2D eigenvalue weighted by molar-refractivity contribution is 6.02. The third-order valence-electron chi connectivity index (χ3n) is 4.03. The number of para-hydroxylation sites is 3. The molecule has 2 amide bonds. The molecule has 148 valence electrons. The second kappa shape index (κ2) is 8.97. The SMILES string of the molecule is CC(=O)N(CC(=O)Nc1ccccc1Oc1ccccc1)c1ccc(F)c(F)c1. The Morgan fingerprint density at radius 2 is 1.62 bits per heavy atom. The second-order valence-corrected chi connectivity index (χ2v) is 6.16. The Balaban J connectivity index is 1.75. The van der Waals surface area contributed by atoms with Gasteiger partial charge in [-0.15, -0.1) is 0 Å². The maximum absolute atomic E-state index is 13.5. The third-order valence-corrected chi connectivity index (χ3v) is 4.03. The van der Waals surface area contributed by atoms with Gasteiger partial charge in [0.25, 0.3) is 0 Å². The Labute approximate surface area is 166 Å². The van der Waals surface area contributed by atoms with Gasteiger partial charge >= 0.3 is 0 Å². The molecule has 0 aromatic heterocycles. The van der Waals surface area contributed by atoms with Crippen molar-refractivity contribution in [2.45, 2.75) is 6.92 Å². The van der Waals surface area contributed by atoms with Gasteiger partial charge in [-0.3, -0.25) is 9.59 Å². The van der Waals surface area contributed by atoms with Crippen molar-refractivity contribution in [2.24, 2.45) is 0 Å². The number of carbonyl (C=O) groups is 2. The lowest BCUT2D eigenvalue weighted by molar-refractivity contribution is -0.120. The van der Waals surface area contributed by atoms with Crippen molar-refractivity contribution >= 4 is 23.2 Å². The fourth-order valence-electron chi connectivity index (χ4n) is 2.65. The van der Waals surface area contributed by atoms with E-state index in [1.165, 1.54) is 13.0 Å². The molecule has 0 saturated heterocycles. The molecule has 0 aliphatic heterocycles. The van der Waals surface area contributed by atoms with E-state index in [0.29, 0.717) is 17.2 Å². The van der Waals surface area contributed by atoms with Gasteiger partial charge in [0.1, 0.15) is 12.3 Å². The van der Waals surface area contributed by atoms with Gasteiger partial charge in [-0.1, -0.05) is 30.3 Å². The molecule has 0 saturated carbocycles. The number of hydrogen-bond donors (Lipinski definition) is 1. The molecule has 0 fully saturated rings. The van der Waals surface area contributed by atoms with Gasteiger partial charge in [-0.05, 0) is 36.4 Å². The van der Waals surface area contributed by atoms with Gasteiger partial charge in [-0.25, -0.2) is 8.78 Å². The summed E-state index contributed by atoms with van der Waals surface area (Å²) in [6.45, 7) is 0.862. The lowest BCUT2D eigenvalue weighted by Crippen LogP contribution is -2.36. The molecule has 3 aromatic carbocycles. The van der Waals surface area contributed by atoms with Crippen molar-refractivity contribution in [3.63, 3.8) is 0 Å². The molecular weight excluding hydrogens is 378 g/mol. The molecule has 0 heterocycles. The summed E-state index contributed by atoms with van der Waals surface area (Å²) in [7, 11) is 0. The Hall–Kier alpha value is -3.74. The Kier molecular flexibility index (Phi) is 6.19. The molecule has 0 bridgehead atoms. The lowest BCUT2D eigenvalue weighted by Gasteiger charge is -2.21. The summed E-state index contributed by atoms with van der Waals surface area (Å²) < 4.78 is 32.5. The highest BCUT2D eigenvalue weighted by Gasteiger charge is 2.18. The van der Waals surface area contributed by atoms with E-state index in [9.17, 15) is 18.4 Å². The number of halogens is 2. The van der Waals surface area contributed by atoms with E-state index in [1.54, 1.807) is 36.4 Å². The Morgan fingerprint density at radius 3 is 2.31 bits per heavy atom. The summed E-state index contributed by atoms with van der Waals surface area (Å²) >= 11 is 0.